The smallest absolute Gasteiger partial charge is 0.142 e. The molecule has 0 aliphatic heterocycles. The van der Waals surface area contributed by atoms with Gasteiger partial charge in [-0.3, -0.25) is 0 Å². The van der Waals surface area contributed by atoms with E-state index in [0.29, 0.717) is 0 Å². The van der Waals surface area contributed by atoms with Crippen LogP contribution in [0.1, 0.15) is 17.2 Å². The second kappa shape index (κ2) is 5.63. The van der Waals surface area contributed by atoms with Crippen molar-refractivity contribution in [2.75, 3.05) is 0 Å². The van der Waals surface area contributed by atoms with Gasteiger partial charge in [0.2, 0.25) is 0 Å². The summed E-state index contributed by atoms with van der Waals surface area (Å²) in [5.74, 6) is -1.90. The molecule has 0 saturated heterocycles. The summed E-state index contributed by atoms with van der Waals surface area (Å²) in [6.07, 6.45) is -1.40. The Morgan fingerprint density at radius 2 is 1.79 bits per heavy atom. The first-order valence-corrected chi connectivity index (χ1v) is 5.92. The zero-order chi connectivity index (χ0) is 14.0. The Hall–Kier alpha value is -1.52. The molecule has 2 aromatic carbocycles. The van der Waals surface area contributed by atoms with Crippen LogP contribution in [0.15, 0.2) is 36.4 Å². The Morgan fingerprint density at radius 1 is 1.05 bits per heavy atom. The van der Waals surface area contributed by atoms with Gasteiger partial charge in [0.05, 0.1) is 11.1 Å². The van der Waals surface area contributed by atoms with Gasteiger partial charge in [-0.15, -0.1) is 0 Å². The number of aliphatic hydroxyl groups excluding tert-OH is 1. The fraction of sp³-hybridized carbons (Fsp3) is 0.143. The van der Waals surface area contributed by atoms with Gasteiger partial charge in [0.25, 0.3) is 0 Å². The molecule has 0 aliphatic rings. The molecular weight excluding hydrogens is 277 g/mol. The lowest BCUT2D eigenvalue weighted by Crippen LogP contribution is -2.05. The van der Waals surface area contributed by atoms with Gasteiger partial charge in [-0.25, -0.2) is 13.2 Å². The van der Waals surface area contributed by atoms with Gasteiger partial charge >= 0.3 is 0 Å². The third-order valence-corrected chi connectivity index (χ3v) is 3.16. The van der Waals surface area contributed by atoms with Crippen molar-refractivity contribution in [1.29, 1.82) is 0 Å². The molecule has 0 bridgehead atoms. The lowest BCUT2D eigenvalue weighted by Gasteiger charge is -2.13. The number of hydrogen-bond acceptors (Lipinski definition) is 1. The maximum atomic E-state index is 13.4. The highest BCUT2D eigenvalue weighted by Crippen LogP contribution is 2.28. The van der Waals surface area contributed by atoms with Crippen LogP contribution in [0.5, 0.6) is 0 Å². The molecule has 0 aliphatic carbocycles. The van der Waals surface area contributed by atoms with Crippen molar-refractivity contribution in [3.63, 3.8) is 0 Å². The van der Waals surface area contributed by atoms with Crippen molar-refractivity contribution in [1.82, 2.24) is 0 Å². The molecule has 0 radical (unpaired) electrons. The minimum Gasteiger partial charge on any atom is -0.388 e. The molecule has 1 nitrogen and oxygen atoms in total. The fourth-order valence-electron chi connectivity index (χ4n) is 1.80. The number of rotatable bonds is 3. The van der Waals surface area contributed by atoms with Crippen molar-refractivity contribution in [3.8, 4) is 0 Å². The Morgan fingerprint density at radius 3 is 2.53 bits per heavy atom. The summed E-state index contributed by atoms with van der Waals surface area (Å²) >= 11 is 5.72. The Balaban J connectivity index is 2.28. The van der Waals surface area contributed by atoms with Gasteiger partial charge in [-0.05, 0) is 29.8 Å². The predicted molar refractivity (Wildman–Crippen MR) is 66.4 cm³/mol. The Bertz CT molecular complexity index is 601. The quantitative estimate of drug-likeness (QED) is 0.903. The van der Waals surface area contributed by atoms with Crippen LogP contribution in [-0.4, -0.2) is 5.11 Å². The molecule has 0 amide bonds. The SMILES string of the molecule is OC(Cc1cc(F)ccc1F)c1cccc(F)c1Cl. The van der Waals surface area contributed by atoms with Gasteiger partial charge in [-0.1, -0.05) is 23.7 Å². The number of halogens is 4. The highest BCUT2D eigenvalue weighted by atomic mass is 35.5. The molecule has 1 unspecified atom stereocenters. The van der Waals surface area contributed by atoms with E-state index in [1.807, 2.05) is 0 Å². The molecular formula is C14H10ClF3O. The first kappa shape index (κ1) is 13.9. The van der Waals surface area contributed by atoms with Crippen LogP contribution in [0, 0.1) is 17.5 Å². The summed E-state index contributed by atoms with van der Waals surface area (Å²) in [7, 11) is 0. The van der Waals surface area contributed by atoms with Gasteiger partial charge < -0.3 is 5.11 Å². The lowest BCUT2D eigenvalue weighted by molar-refractivity contribution is 0.176. The molecule has 0 fully saturated rings. The molecule has 1 atom stereocenters. The third kappa shape index (κ3) is 3.08. The minimum absolute atomic E-state index is 0.00725. The van der Waals surface area contributed by atoms with Crippen molar-refractivity contribution >= 4 is 11.6 Å². The van der Waals surface area contributed by atoms with Gasteiger partial charge in [0.1, 0.15) is 17.5 Å². The average Bonchev–Trinajstić information content (AvgIpc) is 2.37. The zero-order valence-corrected chi connectivity index (χ0v) is 10.5. The van der Waals surface area contributed by atoms with E-state index in [9.17, 15) is 18.3 Å². The van der Waals surface area contributed by atoms with Crippen LogP contribution < -0.4 is 0 Å². The lowest BCUT2D eigenvalue weighted by atomic mass is 10.0. The first-order chi connectivity index (χ1) is 8.99. The Kier molecular flexibility index (Phi) is 4.12. The summed E-state index contributed by atoms with van der Waals surface area (Å²) in [4.78, 5) is 0. The van der Waals surface area contributed by atoms with E-state index in [1.54, 1.807) is 0 Å². The molecule has 0 heterocycles. The maximum absolute atomic E-state index is 13.4. The van der Waals surface area contributed by atoms with E-state index in [4.69, 9.17) is 11.6 Å². The van der Waals surface area contributed by atoms with Crippen LogP contribution in [0.2, 0.25) is 5.02 Å². The topological polar surface area (TPSA) is 20.2 Å². The molecule has 0 spiro atoms. The van der Waals surface area contributed by atoms with Gasteiger partial charge in [0, 0.05) is 12.0 Å². The molecule has 1 N–H and O–H groups in total. The van der Waals surface area contributed by atoms with E-state index in [1.165, 1.54) is 12.1 Å². The highest BCUT2D eigenvalue weighted by molar-refractivity contribution is 6.31. The van der Waals surface area contributed by atoms with Crippen molar-refractivity contribution < 1.29 is 18.3 Å². The van der Waals surface area contributed by atoms with E-state index in [-0.39, 0.29) is 22.6 Å². The standard InChI is InChI=1S/C14H10ClF3O/c15-14-10(2-1-3-12(14)18)13(19)7-8-6-9(16)4-5-11(8)17/h1-6,13,19H,7H2. The molecule has 5 heteroatoms. The normalized spacial score (nSPS) is 12.5. The van der Waals surface area contributed by atoms with Crippen molar-refractivity contribution in [2.24, 2.45) is 0 Å². The molecule has 100 valence electrons. The number of benzene rings is 2. The summed E-state index contributed by atoms with van der Waals surface area (Å²) < 4.78 is 39.7. The second-order valence-electron chi connectivity index (χ2n) is 4.10. The van der Waals surface area contributed by atoms with Crippen molar-refractivity contribution in [3.05, 3.63) is 70.0 Å². The monoisotopic (exact) mass is 286 g/mol. The third-order valence-electron chi connectivity index (χ3n) is 2.76. The first-order valence-electron chi connectivity index (χ1n) is 5.55. The summed E-state index contributed by atoms with van der Waals surface area (Å²) in [5.41, 5.74) is 0.151. The number of aliphatic hydroxyl groups is 1. The van der Waals surface area contributed by atoms with Crippen LogP contribution in [0.4, 0.5) is 13.2 Å². The molecule has 2 rings (SSSR count). The summed E-state index contributed by atoms with van der Waals surface area (Å²) in [6.45, 7) is 0. The predicted octanol–water partition coefficient (Wildman–Crippen LogP) is 4.03. The Labute approximate surface area is 113 Å². The van der Waals surface area contributed by atoms with E-state index in [0.717, 1.165) is 24.3 Å². The molecule has 2 aromatic rings. The maximum Gasteiger partial charge on any atom is 0.142 e. The summed E-state index contributed by atoms with van der Waals surface area (Å²) in [5, 5.41) is 9.74. The van der Waals surface area contributed by atoms with E-state index in [2.05, 4.69) is 0 Å². The molecule has 0 saturated carbocycles. The van der Waals surface area contributed by atoms with Crippen LogP contribution in [0.3, 0.4) is 0 Å². The highest BCUT2D eigenvalue weighted by Gasteiger charge is 2.17. The van der Waals surface area contributed by atoms with Crippen LogP contribution in [-0.2, 0) is 6.42 Å². The van der Waals surface area contributed by atoms with Gasteiger partial charge in [0.15, 0.2) is 0 Å². The van der Waals surface area contributed by atoms with Crippen LogP contribution in [0.25, 0.3) is 0 Å². The van der Waals surface area contributed by atoms with E-state index >= 15 is 0 Å². The second-order valence-corrected chi connectivity index (χ2v) is 4.48. The van der Waals surface area contributed by atoms with E-state index < -0.39 is 23.6 Å². The fourth-order valence-corrected chi connectivity index (χ4v) is 2.05. The molecule has 19 heavy (non-hydrogen) atoms. The van der Waals surface area contributed by atoms with Gasteiger partial charge in [-0.2, -0.15) is 0 Å². The largest absolute Gasteiger partial charge is 0.388 e. The minimum atomic E-state index is -1.21. The van der Waals surface area contributed by atoms with Crippen molar-refractivity contribution in [2.45, 2.75) is 12.5 Å². The average molecular weight is 287 g/mol. The zero-order valence-electron chi connectivity index (χ0n) is 9.71. The van der Waals surface area contributed by atoms with Crippen LogP contribution >= 0.6 is 11.6 Å². The number of hydrogen-bond donors (Lipinski definition) is 1. The summed E-state index contributed by atoms with van der Waals surface area (Å²) in [6, 6.07) is 6.94. The molecule has 0 aromatic heterocycles.